The predicted octanol–water partition coefficient (Wildman–Crippen LogP) is 1.28. The van der Waals surface area contributed by atoms with E-state index < -0.39 is 0 Å². The molecule has 2 aromatic rings. The van der Waals surface area contributed by atoms with Crippen LogP contribution in [0.2, 0.25) is 0 Å². The van der Waals surface area contributed by atoms with Crippen LogP contribution in [0.4, 0.5) is 0 Å². The third kappa shape index (κ3) is 4.54. The SMILES string of the molecule is CCNC(=NCc1ccc(C#N)cc1)N(C)Cc1ncnn1C. The van der Waals surface area contributed by atoms with Gasteiger partial charge in [0.05, 0.1) is 24.7 Å². The maximum absolute atomic E-state index is 8.83. The summed E-state index contributed by atoms with van der Waals surface area (Å²) in [4.78, 5) is 10.9. The zero-order valence-electron chi connectivity index (χ0n) is 13.7. The Kier molecular flexibility index (Phi) is 5.69. The molecule has 7 nitrogen and oxygen atoms in total. The van der Waals surface area contributed by atoms with Gasteiger partial charge in [-0.1, -0.05) is 12.1 Å². The second kappa shape index (κ2) is 7.94. The normalized spacial score (nSPS) is 11.1. The number of aryl methyl sites for hydroxylation is 1. The van der Waals surface area contributed by atoms with E-state index in [1.54, 1.807) is 23.1 Å². The Morgan fingerprint density at radius 3 is 2.70 bits per heavy atom. The molecule has 7 heteroatoms. The number of benzene rings is 1. The highest BCUT2D eigenvalue weighted by Crippen LogP contribution is 2.06. The second-order valence-electron chi connectivity index (χ2n) is 5.13. The van der Waals surface area contributed by atoms with Crippen molar-refractivity contribution >= 4 is 5.96 Å². The van der Waals surface area contributed by atoms with Gasteiger partial charge in [0.15, 0.2) is 5.96 Å². The molecule has 1 aromatic carbocycles. The quantitative estimate of drug-likeness (QED) is 0.664. The summed E-state index contributed by atoms with van der Waals surface area (Å²) < 4.78 is 1.75. The Morgan fingerprint density at radius 2 is 2.13 bits per heavy atom. The number of aromatic nitrogens is 3. The summed E-state index contributed by atoms with van der Waals surface area (Å²) in [5.41, 5.74) is 1.72. The van der Waals surface area contributed by atoms with Crippen LogP contribution in [0.25, 0.3) is 0 Å². The molecule has 1 aromatic heterocycles. The highest BCUT2D eigenvalue weighted by atomic mass is 15.4. The van der Waals surface area contributed by atoms with Crippen molar-refractivity contribution < 1.29 is 0 Å². The fraction of sp³-hybridized carbons (Fsp3) is 0.375. The molecule has 0 radical (unpaired) electrons. The first-order chi connectivity index (χ1) is 11.1. The molecule has 23 heavy (non-hydrogen) atoms. The molecule has 0 bridgehead atoms. The summed E-state index contributed by atoms with van der Waals surface area (Å²) in [6.45, 7) is 4.00. The van der Waals surface area contributed by atoms with Gasteiger partial charge in [0.2, 0.25) is 0 Å². The van der Waals surface area contributed by atoms with E-state index in [9.17, 15) is 0 Å². The van der Waals surface area contributed by atoms with Crippen molar-refractivity contribution in [1.29, 1.82) is 5.26 Å². The first kappa shape index (κ1) is 16.5. The van der Waals surface area contributed by atoms with Gasteiger partial charge >= 0.3 is 0 Å². The minimum Gasteiger partial charge on any atom is -0.357 e. The van der Waals surface area contributed by atoms with Crippen LogP contribution in [0.3, 0.4) is 0 Å². The molecule has 120 valence electrons. The van der Waals surface area contributed by atoms with Crippen LogP contribution < -0.4 is 5.32 Å². The number of hydrogen-bond donors (Lipinski definition) is 1. The molecule has 0 saturated heterocycles. The molecule has 0 aliphatic rings. The molecule has 2 rings (SSSR count). The van der Waals surface area contributed by atoms with E-state index in [4.69, 9.17) is 5.26 Å². The van der Waals surface area contributed by atoms with Gasteiger partial charge in [-0.15, -0.1) is 0 Å². The lowest BCUT2D eigenvalue weighted by Gasteiger charge is -2.21. The summed E-state index contributed by atoms with van der Waals surface area (Å²) in [5, 5.41) is 16.2. The predicted molar refractivity (Wildman–Crippen MR) is 88.4 cm³/mol. The van der Waals surface area contributed by atoms with Crippen LogP contribution >= 0.6 is 0 Å². The van der Waals surface area contributed by atoms with Crippen molar-refractivity contribution in [2.45, 2.75) is 20.0 Å². The zero-order valence-corrected chi connectivity index (χ0v) is 13.7. The fourth-order valence-electron chi connectivity index (χ4n) is 2.07. The van der Waals surface area contributed by atoms with Crippen LogP contribution in [-0.4, -0.2) is 39.2 Å². The van der Waals surface area contributed by atoms with Crippen LogP contribution in [0, 0.1) is 11.3 Å². The third-order valence-electron chi connectivity index (χ3n) is 3.37. The lowest BCUT2D eigenvalue weighted by atomic mass is 10.1. The Hall–Kier alpha value is -2.88. The van der Waals surface area contributed by atoms with E-state index >= 15 is 0 Å². The van der Waals surface area contributed by atoms with E-state index in [2.05, 4.69) is 26.5 Å². The van der Waals surface area contributed by atoms with Crippen molar-refractivity contribution in [2.75, 3.05) is 13.6 Å². The number of nitriles is 1. The minimum absolute atomic E-state index is 0.553. The molecule has 0 fully saturated rings. The highest BCUT2D eigenvalue weighted by Gasteiger charge is 2.09. The van der Waals surface area contributed by atoms with Gasteiger partial charge in [-0.2, -0.15) is 10.4 Å². The molecule has 0 unspecified atom stereocenters. The molecule has 1 heterocycles. The van der Waals surface area contributed by atoms with E-state index in [0.717, 1.165) is 23.9 Å². The van der Waals surface area contributed by atoms with Crippen molar-refractivity contribution in [3.63, 3.8) is 0 Å². The number of nitrogens with zero attached hydrogens (tertiary/aromatic N) is 6. The number of aliphatic imine (C=N–C) groups is 1. The monoisotopic (exact) mass is 311 g/mol. The van der Waals surface area contributed by atoms with Gasteiger partial charge in [-0.3, -0.25) is 4.68 Å². The number of nitrogens with one attached hydrogen (secondary N) is 1. The molecule has 0 amide bonds. The van der Waals surface area contributed by atoms with Crippen LogP contribution in [-0.2, 0) is 20.1 Å². The van der Waals surface area contributed by atoms with Crippen LogP contribution in [0.15, 0.2) is 35.6 Å². The van der Waals surface area contributed by atoms with E-state index in [-0.39, 0.29) is 0 Å². The lowest BCUT2D eigenvalue weighted by Crippen LogP contribution is -2.39. The smallest absolute Gasteiger partial charge is 0.194 e. The first-order valence-corrected chi connectivity index (χ1v) is 7.45. The van der Waals surface area contributed by atoms with Gasteiger partial charge in [0, 0.05) is 20.6 Å². The maximum atomic E-state index is 8.83. The molecule has 0 aliphatic carbocycles. The lowest BCUT2D eigenvalue weighted by molar-refractivity contribution is 0.448. The Balaban J connectivity index is 2.06. The molecule has 0 spiro atoms. The van der Waals surface area contributed by atoms with Gasteiger partial charge in [0.1, 0.15) is 12.2 Å². The standard InChI is InChI=1S/C16H21N7/c1-4-18-16(22(2)11-15-20-12-21-23(15)3)19-10-14-7-5-13(9-17)6-8-14/h5-8,12H,4,10-11H2,1-3H3,(H,18,19). The number of guanidine groups is 1. The van der Waals surface area contributed by atoms with E-state index in [1.807, 2.05) is 38.1 Å². The second-order valence-corrected chi connectivity index (χ2v) is 5.13. The summed E-state index contributed by atoms with van der Waals surface area (Å²) in [6.07, 6.45) is 1.55. The number of rotatable bonds is 5. The largest absolute Gasteiger partial charge is 0.357 e. The van der Waals surface area contributed by atoms with E-state index in [0.29, 0.717) is 18.7 Å². The van der Waals surface area contributed by atoms with Crippen molar-refractivity contribution in [3.8, 4) is 6.07 Å². The Bertz CT molecular complexity index is 694. The van der Waals surface area contributed by atoms with Gasteiger partial charge in [-0.05, 0) is 24.6 Å². The van der Waals surface area contributed by atoms with E-state index in [1.165, 1.54) is 0 Å². The van der Waals surface area contributed by atoms with Gasteiger partial charge in [-0.25, -0.2) is 9.98 Å². The average Bonchev–Trinajstić information content (AvgIpc) is 2.96. The van der Waals surface area contributed by atoms with Gasteiger partial charge < -0.3 is 10.2 Å². The molecule has 0 aliphatic heterocycles. The molecule has 0 saturated carbocycles. The summed E-state index contributed by atoms with van der Waals surface area (Å²) in [6, 6.07) is 9.58. The molecular weight excluding hydrogens is 290 g/mol. The van der Waals surface area contributed by atoms with Crippen molar-refractivity contribution in [3.05, 3.63) is 47.5 Å². The van der Waals surface area contributed by atoms with Crippen LogP contribution in [0.5, 0.6) is 0 Å². The van der Waals surface area contributed by atoms with Crippen molar-refractivity contribution in [1.82, 2.24) is 25.0 Å². The topological polar surface area (TPSA) is 82.1 Å². The summed E-state index contributed by atoms with van der Waals surface area (Å²) in [7, 11) is 3.84. The van der Waals surface area contributed by atoms with Gasteiger partial charge in [0.25, 0.3) is 0 Å². The third-order valence-corrected chi connectivity index (χ3v) is 3.37. The Labute approximate surface area is 136 Å². The molecular formula is C16H21N7. The molecule has 1 N–H and O–H groups in total. The van der Waals surface area contributed by atoms with Crippen LogP contribution in [0.1, 0.15) is 23.9 Å². The highest BCUT2D eigenvalue weighted by molar-refractivity contribution is 5.79. The zero-order chi connectivity index (χ0) is 16.7. The Morgan fingerprint density at radius 1 is 1.39 bits per heavy atom. The fourth-order valence-corrected chi connectivity index (χ4v) is 2.07. The maximum Gasteiger partial charge on any atom is 0.194 e. The average molecular weight is 311 g/mol. The minimum atomic E-state index is 0.553. The number of hydrogen-bond acceptors (Lipinski definition) is 4. The summed E-state index contributed by atoms with van der Waals surface area (Å²) in [5.74, 6) is 1.68. The molecule has 0 atom stereocenters. The first-order valence-electron chi connectivity index (χ1n) is 7.45. The van der Waals surface area contributed by atoms with Crippen molar-refractivity contribution in [2.24, 2.45) is 12.0 Å². The summed E-state index contributed by atoms with van der Waals surface area (Å²) >= 11 is 0.